The summed E-state index contributed by atoms with van der Waals surface area (Å²) in [5.41, 5.74) is 0.760. The van der Waals surface area contributed by atoms with Crippen LogP contribution in [0.3, 0.4) is 0 Å². The van der Waals surface area contributed by atoms with Crippen molar-refractivity contribution in [1.29, 1.82) is 0 Å². The maximum Gasteiger partial charge on any atom is 0.225 e. The van der Waals surface area contributed by atoms with Crippen molar-refractivity contribution in [2.45, 2.75) is 6.04 Å². The van der Waals surface area contributed by atoms with E-state index in [0.29, 0.717) is 0 Å². The molecule has 24 heavy (non-hydrogen) atoms. The Hall–Kier alpha value is -2.05. The van der Waals surface area contributed by atoms with Gasteiger partial charge in [-0.3, -0.25) is 4.90 Å². The molecule has 1 aromatic heterocycles. The smallest absolute Gasteiger partial charge is 0.225 e. The van der Waals surface area contributed by atoms with Crippen LogP contribution in [0, 0.1) is 5.82 Å². The Morgan fingerprint density at radius 1 is 1.04 bits per heavy atom. The Morgan fingerprint density at radius 3 is 2.33 bits per heavy atom. The Kier molecular flexibility index (Phi) is 5.37. The lowest BCUT2D eigenvalue weighted by Gasteiger charge is -2.38. The first-order valence-electron chi connectivity index (χ1n) is 8.30. The first kappa shape index (κ1) is 16.8. The van der Waals surface area contributed by atoms with Gasteiger partial charge >= 0.3 is 0 Å². The summed E-state index contributed by atoms with van der Waals surface area (Å²) in [5, 5.41) is 0. The average Bonchev–Trinajstić information content (AvgIpc) is 2.61. The van der Waals surface area contributed by atoms with E-state index in [9.17, 15) is 4.39 Å². The van der Waals surface area contributed by atoms with Crippen molar-refractivity contribution >= 4 is 5.95 Å². The monoisotopic (exact) mass is 329 g/mol. The van der Waals surface area contributed by atoms with E-state index < -0.39 is 0 Å². The van der Waals surface area contributed by atoms with Crippen LogP contribution in [0.5, 0.6) is 0 Å². The summed E-state index contributed by atoms with van der Waals surface area (Å²) in [7, 11) is 4.01. The lowest BCUT2D eigenvalue weighted by molar-refractivity contribution is 0.173. The van der Waals surface area contributed by atoms with E-state index in [0.717, 1.165) is 44.2 Å². The fourth-order valence-electron chi connectivity index (χ4n) is 3.11. The number of anilines is 1. The highest BCUT2D eigenvalue weighted by molar-refractivity contribution is 5.29. The number of likely N-dealkylation sites (N-methyl/N-ethyl adjacent to an activating group) is 1. The summed E-state index contributed by atoms with van der Waals surface area (Å²) in [6.07, 6.45) is 3.55. The summed E-state index contributed by atoms with van der Waals surface area (Å²) >= 11 is 0. The number of nitrogens with zero attached hydrogens (tertiary/aromatic N) is 5. The summed E-state index contributed by atoms with van der Waals surface area (Å²) in [5.74, 6) is 0.655. The number of hydrogen-bond donors (Lipinski definition) is 0. The van der Waals surface area contributed by atoms with Crippen LogP contribution in [0.1, 0.15) is 11.6 Å². The van der Waals surface area contributed by atoms with Gasteiger partial charge in [-0.15, -0.1) is 0 Å². The van der Waals surface area contributed by atoms with Gasteiger partial charge in [-0.25, -0.2) is 14.4 Å². The van der Waals surface area contributed by atoms with Crippen molar-refractivity contribution < 1.29 is 4.39 Å². The molecule has 1 fully saturated rings. The zero-order valence-electron chi connectivity index (χ0n) is 14.3. The van der Waals surface area contributed by atoms with E-state index in [2.05, 4.69) is 24.7 Å². The molecular formula is C18H24FN5. The second-order valence-corrected chi connectivity index (χ2v) is 6.34. The van der Waals surface area contributed by atoms with Crippen molar-refractivity contribution in [1.82, 2.24) is 19.8 Å². The van der Waals surface area contributed by atoms with Gasteiger partial charge in [-0.1, -0.05) is 18.2 Å². The molecule has 0 saturated carbocycles. The molecule has 0 bridgehead atoms. The first-order valence-corrected chi connectivity index (χ1v) is 8.30. The molecule has 5 nitrogen and oxygen atoms in total. The van der Waals surface area contributed by atoms with Gasteiger partial charge in [0.15, 0.2) is 0 Å². The summed E-state index contributed by atoms with van der Waals surface area (Å²) in [6.45, 7) is 4.45. The van der Waals surface area contributed by atoms with Crippen molar-refractivity contribution in [3.63, 3.8) is 0 Å². The van der Waals surface area contributed by atoms with Gasteiger partial charge in [0, 0.05) is 56.7 Å². The maximum atomic E-state index is 14.2. The molecule has 0 spiro atoms. The third kappa shape index (κ3) is 3.88. The third-order valence-corrected chi connectivity index (χ3v) is 4.53. The van der Waals surface area contributed by atoms with Crippen molar-refractivity contribution in [2.75, 3.05) is 51.7 Å². The molecule has 1 aliphatic heterocycles. The Bertz CT molecular complexity index is 641. The Labute approximate surface area is 142 Å². The van der Waals surface area contributed by atoms with Gasteiger partial charge in [-0.05, 0) is 26.2 Å². The molecule has 3 rings (SSSR count). The molecule has 0 N–H and O–H groups in total. The van der Waals surface area contributed by atoms with Crippen LogP contribution in [-0.4, -0.2) is 66.6 Å². The number of piperazine rings is 1. The second kappa shape index (κ2) is 7.68. The van der Waals surface area contributed by atoms with E-state index >= 15 is 0 Å². The zero-order chi connectivity index (χ0) is 16.9. The highest BCUT2D eigenvalue weighted by Crippen LogP contribution is 2.23. The van der Waals surface area contributed by atoms with Crippen molar-refractivity contribution in [3.05, 3.63) is 54.1 Å². The summed E-state index contributed by atoms with van der Waals surface area (Å²) in [6, 6.07) is 8.94. The standard InChI is InChI=1S/C18H24FN5/c1-22(2)17(15-6-3-4-7-16(15)19)14-23-10-12-24(13-11-23)18-20-8-5-9-21-18/h3-9,17H,10-14H2,1-2H3/t17-/m0/s1. The van der Waals surface area contributed by atoms with Crippen LogP contribution < -0.4 is 4.90 Å². The van der Waals surface area contributed by atoms with Crippen molar-refractivity contribution in [2.24, 2.45) is 0 Å². The van der Waals surface area contributed by atoms with Crippen LogP contribution in [0.25, 0.3) is 0 Å². The van der Waals surface area contributed by atoms with E-state index in [-0.39, 0.29) is 11.9 Å². The van der Waals surface area contributed by atoms with Gasteiger partial charge in [0.05, 0.1) is 0 Å². The molecule has 2 heterocycles. The average molecular weight is 329 g/mol. The molecule has 6 heteroatoms. The highest BCUT2D eigenvalue weighted by Gasteiger charge is 2.24. The van der Waals surface area contributed by atoms with Crippen LogP contribution in [0.2, 0.25) is 0 Å². The molecule has 1 aliphatic rings. The Morgan fingerprint density at radius 2 is 1.71 bits per heavy atom. The summed E-state index contributed by atoms with van der Waals surface area (Å²) in [4.78, 5) is 15.3. The second-order valence-electron chi connectivity index (χ2n) is 6.34. The predicted octanol–water partition coefficient (Wildman–Crippen LogP) is 2.04. The molecular weight excluding hydrogens is 305 g/mol. The lowest BCUT2D eigenvalue weighted by atomic mass is 10.0. The molecule has 128 valence electrons. The quantitative estimate of drug-likeness (QED) is 0.839. The van der Waals surface area contributed by atoms with E-state index in [1.807, 2.05) is 32.3 Å². The topological polar surface area (TPSA) is 35.5 Å². The molecule has 0 amide bonds. The fourth-order valence-corrected chi connectivity index (χ4v) is 3.11. The third-order valence-electron chi connectivity index (χ3n) is 4.53. The minimum absolute atomic E-state index is 0.0470. The van der Waals surface area contributed by atoms with Gasteiger partial charge in [0.2, 0.25) is 5.95 Å². The summed E-state index contributed by atoms with van der Waals surface area (Å²) < 4.78 is 14.2. The normalized spacial score (nSPS) is 17.2. The van der Waals surface area contributed by atoms with Crippen LogP contribution in [-0.2, 0) is 0 Å². The number of aromatic nitrogens is 2. The largest absolute Gasteiger partial charge is 0.338 e. The van der Waals surface area contributed by atoms with Gasteiger partial charge in [0.1, 0.15) is 5.82 Å². The molecule has 0 radical (unpaired) electrons. The maximum absolute atomic E-state index is 14.2. The predicted molar refractivity (Wildman–Crippen MR) is 93.5 cm³/mol. The Balaban J connectivity index is 1.63. The van der Waals surface area contributed by atoms with E-state index in [4.69, 9.17) is 0 Å². The van der Waals surface area contributed by atoms with Crippen LogP contribution in [0.15, 0.2) is 42.7 Å². The SMILES string of the molecule is CN(C)[C@@H](CN1CCN(c2ncccn2)CC1)c1ccccc1F. The van der Waals surface area contributed by atoms with Crippen molar-refractivity contribution in [3.8, 4) is 0 Å². The zero-order valence-corrected chi connectivity index (χ0v) is 14.3. The minimum atomic E-state index is -0.132. The number of rotatable bonds is 5. The number of hydrogen-bond acceptors (Lipinski definition) is 5. The van der Waals surface area contributed by atoms with Gasteiger partial charge in [-0.2, -0.15) is 0 Å². The molecule has 0 aliphatic carbocycles. The fraction of sp³-hybridized carbons (Fsp3) is 0.444. The molecule has 1 saturated heterocycles. The number of benzene rings is 1. The minimum Gasteiger partial charge on any atom is -0.338 e. The molecule has 1 aromatic carbocycles. The van der Waals surface area contributed by atoms with E-state index in [1.54, 1.807) is 18.5 Å². The van der Waals surface area contributed by atoms with E-state index in [1.165, 1.54) is 6.07 Å². The molecule has 0 unspecified atom stereocenters. The number of halogens is 1. The highest BCUT2D eigenvalue weighted by atomic mass is 19.1. The first-order chi connectivity index (χ1) is 11.6. The molecule has 1 atom stereocenters. The van der Waals surface area contributed by atoms with Crippen LogP contribution >= 0.6 is 0 Å². The van der Waals surface area contributed by atoms with Crippen LogP contribution in [0.4, 0.5) is 10.3 Å². The lowest BCUT2D eigenvalue weighted by Crippen LogP contribution is -2.49. The van der Waals surface area contributed by atoms with Gasteiger partial charge in [0.25, 0.3) is 0 Å². The van der Waals surface area contributed by atoms with Gasteiger partial charge < -0.3 is 9.80 Å². The molecule has 2 aromatic rings.